The second kappa shape index (κ2) is 6.70. The van der Waals surface area contributed by atoms with Crippen LogP contribution in [-0.2, 0) is 9.63 Å². The second-order valence-corrected chi connectivity index (χ2v) is 6.51. The van der Waals surface area contributed by atoms with Crippen LogP contribution in [0.4, 0.5) is 5.69 Å². The van der Waals surface area contributed by atoms with Crippen LogP contribution in [0.2, 0.25) is 0 Å². The number of carbonyl (C=O) groups is 2. The summed E-state index contributed by atoms with van der Waals surface area (Å²) in [6.07, 6.45) is 1.28. The Labute approximate surface area is 147 Å². The Kier molecular flexibility index (Phi) is 5.05. The minimum Gasteiger partial charge on any atom is -0.312 e. The highest BCUT2D eigenvalue weighted by molar-refractivity contribution is 6.51. The van der Waals surface area contributed by atoms with Gasteiger partial charge in [0.2, 0.25) is 0 Å². The number of ketones is 1. The van der Waals surface area contributed by atoms with Gasteiger partial charge in [-0.3, -0.25) is 14.9 Å². The number of nitro benzene ring substituents is 1. The Morgan fingerprint density at radius 3 is 2.50 bits per heavy atom. The van der Waals surface area contributed by atoms with Gasteiger partial charge in [-0.25, -0.2) is 4.79 Å². The van der Waals surface area contributed by atoms with E-state index in [9.17, 15) is 19.7 Å². The number of benzene rings is 1. The van der Waals surface area contributed by atoms with E-state index >= 15 is 0 Å². The van der Waals surface area contributed by atoms with E-state index in [0.29, 0.717) is 5.57 Å². The van der Waals surface area contributed by atoms with E-state index in [0.717, 1.165) is 0 Å². The standard InChI is InChI=1S/C15H12Cl2N2O5/c1-8-7-11(20)12(16)15(2,17)13(8)18-24-14(21)9-3-5-10(6-4-9)19(22)23/h3-7,12H,1-2H3/b18-13+. The summed E-state index contributed by atoms with van der Waals surface area (Å²) in [6.45, 7) is 3.10. The van der Waals surface area contributed by atoms with E-state index in [4.69, 9.17) is 28.0 Å². The Bertz CT molecular complexity index is 769. The van der Waals surface area contributed by atoms with Crippen LogP contribution in [-0.4, -0.2) is 32.6 Å². The average molecular weight is 371 g/mol. The van der Waals surface area contributed by atoms with E-state index in [1.165, 1.54) is 37.3 Å². The summed E-state index contributed by atoms with van der Waals surface area (Å²) < 4.78 is 0. The Morgan fingerprint density at radius 1 is 1.38 bits per heavy atom. The summed E-state index contributed by atoms with van der Waals surface area (Å²) in [6, 6.07) is 4.85. The van der Waals surface area contributed by atoms with Crippen LogP contribution in [0.15, 0.2) is 41.1 Å². The molecule has 2 atom stereocenters. The zero-order valence-corrected chi connectivity index (χ0v) is 14.2. The molecule has 0 aliphatic heterocycles. The predicted molar refractivity (Wildman–Crippen MR) is 88.6 cm³/mol. The first-order chi connectivity index (χ1) is 11.1. The minimum absolute atomic E-state index is 0.0807. The minimum atomic E-state index is -1.33. The highest BCUT2D eigenvalue weighted by atomic mass is 35.5. The number of non-ortho nitro benzene ring substituents is 1. The van der Waals surface area contributed by atoms with E-state index in [-0.39, 0.29) is 22.7 Å². The van der Waals surface area contributed by atoms with Gasteiger partial charge in [-0.05, 0) is 37.6 Å². The highest BCUT2D eigenvalue weighted by Gasteiger charge is 2.44. The molecule has 0 spiro atoms. The van der Waals surface area contributed by atoms with Gasteiger partial charge in [-0.15, -0.1) is 23.2 Å². The van der Waals surface area contributed by atoms with Crippen LogP contribution in [0.25, 0.3) is 0 Å². The van der Waals surface area contributed by atoms with E-state index in [2.05, 4.69) is 5.16 Å². The van der Waals surface area contributed by atoms with Crippen molar-refractivity contribution in [2.75, 3.05) is 0 Å². The van der Waals surface area contributed by atoms with Gasteiger partial charge >= 0.3 is 5.97 Å². The number of oxime groups is 1. The van der Waals surface area contributed by atoms with Crippen molar-refractivity contribution >= 4 is 46.4 Å². The summed E-state index contributed by atoms with van der Waals surface area (Å²) in [5.41, 5.74) is 0.530. The summed E-state index contributed by atoms with van der Waals surface area (Å²) in [7, 11) is 0. The zero-order chi connectivity index (χ0) is 18.1. The molecule has 0 N–H and O–H groups in total. The third kappa shape index (κ3) is 3.47. The van der Waals surface area contributed by atoms with Crippen molar-refractivity contribution < 1.29 is 19.3 Å². The van der Waals surface area contributed by atoms with Crippen molar-refractivity contribution in [1.82, 2.24) is 0 Å². The van der Waals surface area contributed by atoms with Crippen LogP contribution in [0.5, 0.6) is 0 Å². The molecule has 0 aromatic heterocycles. The van der Waals surface area contributed by atoms with E-state index in [1.807, 2.05) is 0 Å². The molecule has 1 aliphatic rings. The number of hydrogen-bond acceptors (Lipinski definition) is 6. The lowest BCUT2D eigenvalue weighted by Crippen LogP contribution is -2.46. The smallest absolute Gasteiger partial charge is 0.312 e. The molecule has 2 unspecified atom stereocenters. The van der Waals surface area contributed by atoms with Gasteiger partial charge in [-0.2, -0.15) is 0 Å². The second-order valence-electron chi connectivity index (χ2n) is 5.29. The SMILES string of the molecule is CC1=CC(=O)C(Cl)C(C)(Cl)/C1=N/OC(=O)c1ccc([N+](=O)[O-])cc1. The molecule has 126 valence electrons. The topological polar surface area (TPSA) is 98.9 Å². The summed E-state index contributed by atoms with van der Waals surface area (Å²) >= 11 is 12.3. The monoisotopic (exact) mass is 370 g/mol. The molecule has 7 nitrogen and oxygen atoms in total. The molecule has 24 heavy (non-hydrogen) atoms. The fourth-order valence-corrected chi connectivity index (χ4v) is 2.61. The zero-order valence-electron chi connectivity index (χ0n) is 12.7. The van der Waals surface area contributed by atoms with E-state index in [1.54, 1.807) is 6.92 Å². The Balaban J connectivity index is 2.22. The van der Waals surface area contributed by atoms with Gasteiger partial charge in [0.1, 0.15) is 16.0 Å². The lowest BCUT2D eigenvalue weighted by atomic mass is 9.87. The van der Waals surface area contributed by atoms with Gasteiger partial charge in [0.05, 0.1) is 10.5 Å². The highest BCUT2D eigenvalue weighted by Crippen LogP contribution is 2.34. The Morgan fingerprint density at radius 2 is 1.96 bits per heavy atom. The van der Waals surface area contributed by atoms with Crippen LogP contribution in [0.3, 0.4) is 0 Å². The molecule has 0 saturated heterocycles. The van der Waals surface area contributed by atoms with Crippen LogP contribution in [0.1, 0.15) is 24.2 Å². The molecule has 9 heteroatoms. The van der Waals surface area contributed by atoms with Crippen molar-refractivity contribution in [1.29, 1.82) is 0 Å². The number of carbonyl (C=O) groups excluding carboxylic acids is 2. The quantitative estimate of drug-likeness (QED) is 0.352. The molecule has 2 rings (SSSR count). The van der Waals surface area contributed by atoms with Crippen LogP contribution in [0, 0.1) is 10.1 Å². The first-order valence-electron chi connectivity index (χ1n) is 6.74. The molecule has 1 aromatic carbocycles. The van der Waals surface area contributed by atoms with Gasteiger partial charge in [0.15, 0.2) is 5.78 Å². The Hall–Kier alpha value is -2.25. The molecule has 1 aromatic rings. The largest absolute Gasteiger partial charge is 0.365 e. The average Bonchev–Trinajstić information content (AvgIpc) is 2.52. The normalized spacial score (nSPS) is 25.3. The van der Waals surface area contributed by atoms with Crippen LogP contribution >= 0.6 is 23.2 Å². The number of hydrogen-bond donors (Lipinski definition) is 0. The molecule has 1 aliphatic carbocycles. The number of nitro groups is 1. The van der Waals surface area contributed by atoms with Crippen molar-refractivity contribution in [3.8, 4) is 0 Å². The fraction of sp³-hybridized carbons (Fsp3) is 0.267. The molecule has 0 saturated carbocycles. The van der Waals surface area contributed by atoms with Gasteiger partial charge in [0, 0.05) is 12.1 Å². The van der Waals surface area contributed by atoms with Crippen LogP contribution < -0.4 is 0 Å². The maximum absolute atomic E-state index is 12.0. The molecule has 0 bridgehead atoms. The number of nitrogens with zero attached hydrogens (tertiary/aromatic N) is 2. The molecule has 0 heterocycles. The maximum Gasteiger partial charge on any atom is 0.365 e. The van der Waals surface area contributed by atoms with Crippen molar-refractivity contribution in [2.45, 2.75) is 24.1 Å². The number of allylic oxidation sites excluding steroid dienone is 2. The molecular weight excluding hydrogens is 359 g/mol. The fourth-order valence-electron chi connectivity index (χ4n) is 2.15. The third-order valence-corrected chi connectivity index (χ3v) is 4.62. The lowest BCUT2D eigenvalue weighted by Gasteiger charge is -2.30. The number of alkyl halides is 2. The van der Waals surface area contributed by atoms with Crippen molar-refractivity contribution in [3.63, 3.8) is 0 Å². The number of halogens is 2. The summed E-state index contributed by atoms with van der Waals surface area (Å²) in [5.74, 6) is -1.17. The summed E-state index contributed by atoms with van der Waals surface area (Å²) in [4.78, 5) is 37.2. The molecule has 0 fully saturated rings. The maximum atomic E-state index is 12.0. The predicted octanol–water partition coefficient (Wildman–Crippen LogP) is 3.24. The van der Waals surface area contributed by atoms with Gasteiger partial charge < -0.3 is 4.84 Å². The molecule has 0 radical (unpaired) electrons. The number of rotatable bonds is 3. The van der Waals surface area contributed by atoms with Crippen molar-refractivity contribution in [3.05, 3.63) is 51.6 Å². The van der Waals surface area contributed by atoms with Gasteiger partial charge in [-0.1, -0.05) is 5.16 Å². The summed E-state index contributed by atoms with van der Waals surface area (Å²) in [5, 5.41) is 13.3. The van der Waals surface area contributed by atoms with Gasteiger partial charge in [0.25, 0.3) is 5.69 Å². The molecule has 0 amide bonds. The van der Waals surface area contributed by atoms with E-state index < -0.39 is 21.1 Å². The first kappa shape index (κ1) is 18.1. The molecular formula is C15H12Cl2N2O5. The lowest BCUT2D eigenvalue weighted by molar-refractivity contribution is -0.384. The third-order valence-electron chi connectivity index (χ3n) is 3.45. The van der Waals surface area contributed by atoms with Crippen molar-refractivity contribution in [2.24, 2.45) is 5.16 Å². The first-order valence-corrected chi connectivity index (χ1v) is 7.55.